The zero-order valence-corrected chi connectivity index (χ0v) is 18.7. The molecule has 2 aromatic carbocycles. The normalized spacial score (nSPS) is 17.8. The highest BCUT2D eigenvalue weighted by atomic mass is 35.5. The highest BCUT2D eigenvalue weighted by Crippen LogP contribution is 2.44. The quantitative estimate of drug-likeness (QED) is 0.241. The van der Waals surface area contributed by atoms with Crippen molar-refractivity contribution in [3.63, 3.8) is 0 Å². The molecule has 0 saturated carbocycles. The van der Waals surface area contributed by atoms with Gasteiger partial charge in [0.1, 0.15) is 11.6 Å². The van der Waals surface area contributed by atoms with Crippen LogP contribution in [0.1, 0.15) is 22.7 Å². The molecule has 1 aliphatic heterocycles. The van der Waals surface area contributed by atoms with Gasteiger partial charge in [0, 0.05) is 18.0 Å². The number of thiazole rings is 1. The number of aromatic nitrogens is 2. The van der Waals surface area contributed by atoms with E-state index in [0.29, 0.717) is 21.3 Å². The fourth-order valence-corrected chi connectivity index (χ4v) is 4.93. The van der Waals surface area contributed by atoms with Gasteiger partial charge in [-0.2, -0.15) is 0 Å². The second kappa shape index (κ2) is 8.06. The van der Waals surface area contributed by atoms with Gasteiger partial charge in [-0.3, -0.25) is 19.5 Å². The molecule has 1 amide bonds. The number of aryl methyl sites for hydroxylation is 1. The number of carbonyl (C=O) groups excluding carboxylic acids is 2. The standard InChI is InChI=1S/C24H15ClFN3O3S/c1-12-2-4-14(5-3-12)21(30)19-20(13-6-8-27-9-7-13)29(23(32)22(19)31)24-28-17-10-15(25)16(26)11-18(17)33-24/h2-11,20,30H,1H3/b21-19+. The van der Waals surface area contributed by atoms with Gasteiger partial charge in [0.15, 0.2) is 5.13 Å². The Morgan fingerprint density at radius 3 is 2.52 bits per heavy atom. The fraction of sp³-hybridized carbons (Fsp3) is 0.0833. The second-order valence-electron chi connectivity index (χ2n) is 7.55. The number of pyridine rings is 1. The van der Waals surface area contributed by atoms with E-state index in [2.05, 4.69) is 9.97 Å². The Hall–Kier alpha value is -3.62. The van der Waals surface area contributed by atoms with Crippen LogP contribution in [0.2, 0.25) is 5.02 Å². The van der Waals surface area contributed by atoms with Crippen molar-refractivity contribution in [2.45, 2.75) is 13.0 Å². The van der Waals surface area contributed by atoms with Crippen LogP contribution in [-0.2, 0) is 9.59 Å². The molecule has 6 nitrogen and oxygen atoms in total. The number of ketones is 1. The molecule has 1 fully saturated rings. The number of fused-ring (bicyclic) bond motifs is 1. The van der Waals surface area contributed by atoms with E-state index in [1.807, 2.05) is 6.92 Å². The molecule has 4 aromatic rings. The SMILES string of the molecule is Cc1ccc(/C(O)=C2\C(=O)C(=O)N(c3nc4cc(Cl)c(F)cc4s3)C2c2ccncc2)cc1. The molecule has 9 heteroatoms. The predicted octanol–water partition coefficient (Wildman–Crippen LogP) is 5.42. The van der Waals surface area contributed by atoms with E-state index in [0.717, 1.165) is 16.9 Å². The van der Waals surface area contributed by atoms with E-state index in [1.54, 1.807) is 36.4 Å². The zero-order valence-electron chi connectivity index (χ0n) is 17.1. The molecule has 0 radical (unpaired) electrons. The Morgan fingerprint density at radius 1 is 1.12 bits per heavy atom. The highest BCUT2D eigenvalue weighted by molar-refractivity contribution is 7.22. The molecule has 1 atom stereocenters. The number of hydrogen-bond donors (Lipinski definition) is 1. The summed E-state index contributed by atoms with van der Waals surface area (Å²) in [4.78, 5) is 36.0. The number of rotatable bonds is 3. The highest BCUT2D eigenvalue weighted by Gasteiger charge is 2.48. The van der Waals surface area contributed by atoms with Crippen LogP contribution in [0.4, 0.5) is 9.52 Å². The minimum atomic E-state index is -0.935. The van der Waals surface area contributed by atoms with E-state index in [9.17, 15) is 19.1 Å². The van der Waals surface area contributed by atoms with Gasteiger partial charge in [0.05, 0.1) is 26.9 Å². The van der Waals surface area contributed by atoms with Crippen LogP contribution in [0.3, 0.4) is 0 Å². The molecule has 0 bridgehead atoms. The first-order valence-electron chi connectivity index (χ1n) is 9.88. The first-order chi connectivity index (χ1) is 15.8. The van der Waals surface area contributed by atoms with Crippen molar-refractivity contribution in [2.24, 2.45) is 0 Å². The molecule has 5 rings (SSSR count). The predicted molar refractivity (Wildman–Crippen MR) is 125 cm³/mol. The van der Waals surface area contributed by atoms with E-state index in [4.69, 9.17) is 11.6 Å². The van der Waals surface area contributed by atoms with Gasteiger partial charge in [-0.05, 0) is 36.8 Å². The fourth-order valence-electron chi connectivity index (χ4n) is 3.77. The lowest BCUT2D eigenvalue weighted by Crippen LogP contribution is -2.29. The number of nitrogens with zero attached hydrogens (tertiary/aromatic N) is 3. The molecule has 1 N–H and O–H groups in total. The zero-order chi connectivity index (χ0) is 23.3. The van der Waals surface area contributed by atoms with Crippen LogP contribution in [-0.4, -0.2) is 26.8 Å². The van der Waals surface area contributed by atoms with Crippen LogP contribution in [0.15, 0.2) is 66.5 Å². The molecule has 1 unspecified atom stereocenters. The summed E-state index contributed by atoms with van der Waals surface area (Å²) < 4.78 is 14.4. The summed E-state index contributed by atoms with van der Waals surface area (Å²) in [6.45, 7) is 1.90. The average molecular weight is 480 g/mol. The molecule has 1 saturated heterocycles. The molecule has 3 heterocycles. The van der Waals surface area contributed by atoms with Crippen LogP contribution in [0.25, 0.3) is 16.0 Å². The Kier molecular flexibility index (Phi) is 5.19. The van der Waals surface area contributed by atoms with E-state index >= 15 is 0 Å². The topological polar surface area (TPSA) is 83.4 Å². The lowest BCUT2D eigenvalue weighted by molar-refractivity contribution is -0.132. The van der Waals surface area contributed by atoms with Crippen molar-refractivity contribution < 1.29 is 19.1 Å². The Morgan fingerprint density at radius 2 is 1.82 bits per heavy atom. The Bertz CT molecular complexity index is 1410. The molecule has 2 aromatic heterocycles. The minimum absolute atomic E-state index is 0.0569. The third-order valence-corrected chi connectivity index (χ3v) is 6.72. The maximum Gasteiger partial charge on any atom is 0.301 e. The van der Waals surface area contributed by atoms with E-state index < -0.39 is 23.5 Å². The number of halogens is 2. The smallest absolute Gasteiger partial charge is 0.301 e. The lowest BCUT2D eigenvalue weighted by atomic mass is 9.96. The summed E-state index contributed by atoms with van der Waals surface area (Å²) in [5.41, 5.74) is 2.31. The molecule has 1 aliphatic rings. The van der Waals surface area contributed by atoms with Crippen LogP contribution >= 0.6 is 22.9 Å². The maximum atomic E-state index is 14.0. The molecule has 164 valence electrons. The van der Waals surface area contributed by atoms with Crippen molar-refractivity contribution in [1.82, 2.24) is 9.97 Å². The average Bonchev–Trinajstić information content (AvgIpc) is 3.32. The minimum Gasteiger partial charge on any atom is -0.507 e. The maximum absolute atomic E-state index is 14.0. The first-order valence-corrected chi connectivity index (χ1v) is 11.1. The van der Waals surface area contributed by atoms with Gasteiger partial charge in [-0.1, -0.05) is 52.8 Å². The van der Waals surface area contributed by atoms with Gasteiger partial charge < -0.3 is 5.11 Å². The van der Waals surface area contributed by atoms with Crippen LogP contribution in [0, 0.1) is 12.7 Å². The lowest BCUT2D eigenvalue weighted by Gasteiger charge is -2.22. The molecular formula is C24H15ClFN3O3S. The van der Waals surface area contributed by atoms with Crippen LogP contribution in [0.5, 0.6) is 0 Å². The van der Waals surface area contributed by atoms with Gasteiger partial charge in [0.2, 0.25) is 0 Å². The summed E-state index contributed by atoms with van der Waals surface area (Å²) >= 11 is 6.94. The number of Topliss-reactive ketones (excluding diaryl/α,β-unsaturated/α-hetero) is 1. The molecule has 0 aliphatic carbocycles. The molecule has 33 heavy (non-hydrogen) atoms. The first kappa shape index (κ1) is 21.2. The number of carbonyl (C=O) groups is 2. The van der Waals surface area contributed by atoms with Gasteiger partial charge in [0.25, 0.3) is 5.78 Å². The largest absolute Gasteiger partial charge is 0.507 e. The Balaban J connectivity index is 1.72. The summed E-state index contributed by atoms with van der Waals surface area (Å²) in [6, 6.07) is 12.0. The van der Waals surface area contributed by atoms with Crippen molar-refractivity contribution >= 4 is 55.7 Å². The number of amides is 1. The second-order valence-corrected chi connectivity index (χ2v) is 8.96. The molecular weight excluding hydrogens is 465 g/mol. The third kappa shape index (κ3) is 3.57. The number of anilines is 1. The van der Waals surface area contributed by atoms with Crippen molar-refractivity contribution in [2.75, 3.05) is 4.90 Å². The summed E-state index contributed by atoms with van der Waals surface area (Å²) in [6.07, 6.45) is 3.07. The summed E-state index contributed by atoms with van der Waals surface area (Å²) in [5.74, 6) is -2.56. The summed E-state index contributed by atoms with van der Waals surface area (Å²) in [7, 11) is 0. The van der Waals surface area contributed by atoms with Gasteiger partial charge in [-0.15, -0.1) is 0 Å². The monoisotopic (exact) mass is 479 g/mol. The number of aliphatic hydroxyl groups excluding tert-OH is 1. The molecule has 0 spiro atoms. The summed E-state index contributed by atoms with van der Waals surface area (Å²) in [5, 5.41) is 11.2. The van der Waals surface area contributed by atoms with Gasteiger partial charge in [-0.25, -0.2) is 9.37 Å². The number of aliphatic hydroxyl groups is 1. The Labute approximate surface area is 196 Å². The van der Waals surface area contributed by atoms with E-state index in [1.165, 1.54) is 29.4 Å². The third-order valence-electron chi connectivity index (χ3n) is 5.42. The van der Waals surface area contributed by atoms with Crippen molar-refractivity contribution in [1.29, 1.82) is 0 Å². The number of benzene rings is 2. The van der Waals surface area contributed by atoms with Crippen molar-refractivity contribution in [3.05, 3.63) is 94.0 Å². The van der Waals surface area contributed by atoms with Gasteiger partial charge >= 0.3 is 5.91 Å². The number of hydrogen-bond acceptors (Lipinski definition) is 6. The van der Waals surface area contributed by atoms with Crippen LogP contribution < -0.4 is 4.90 Å². The van der Waals surface area contributed by atoms with Crippen molar-refractivity contribution in [3.8, 4) is 0 Å². The van der Waals surface area contributed by atoms with E-state index in [-0.39, 0.29) is 21.5 Å².